The summed E-state index contributed by atoms with van der Waals surface area (Å²) >= 11 is 0. The molecule has 0 saturated heterocycles. The Morgan fingerprint density at radius 1 is 1.40 bits per heavy atom. The molecule has 0 radical (unpaired) electrons. The van der Waals surface area contributed by atoms with Gasteiger partial charge in [-0.25, -0.2) is 9.59 Å². The summed E-state index contributed by atoms with van der Waals surface area (Å²) in [5.74, 6) is -1.79. The third-order valence-electron chi connectivity index (χ3n) is 3.12. The van der Waals surface area contributed by atoms with Gasteiger partial charge in [-0.05, 0) is 26.2 Å². The lowest BCUT2D eigenvalue weighted by Crippen LogP contribution is -2.54. The highest BCUT2D eigenvalue weighted by atomic mass is 16.5. The largest absolute Gasteiger partial charge is 0.480 e. The zero-order valence-corrected chi connectivity index (χ0v) is 11.4. The normalized spacial score (nSPS) is 22.4. The molecule has 1 aliphatic rings. The smallest absolute Gasteiger partial charge is 0.326 e. The van der Waals surface area contributed by atoms with Gasteiger partial charge in [-0.15, -0.1) is 0 Å². The molecule has 1 saturated carbocycles. The van der Waals surface area contributed by atoms with Crippen molar-refractivity contribution < 1.29 is 24.2 Å². The molecule has 0 aromatic heterocycles. The Morgan fingerprint density at radius 3 is 2.55 bits per heavy atom. The van der Waals surface area contributed by atoms with Gasteiger partial charge < -0.3 is 26.2 Å². The number of primary amides is 1. The number of carbonyl (C=O) groups excluding carboxylic acids is 2. The second-order valence-electron chi connectivity index (χ2n) is 4.76. The van der Waals surface area contributed by atoms with Crippen LogP contribution < -0.4 is 16.4 Å². The van der Waals surface area contributed by atoms with E-state index in [0.717, 1.165) is 12.8 Å². The molecular formula is C12H21N3O5. The highest BCUT2D eigenvalue weighted by Crippen LogP contribution is 2.22. The van der Waals surface area contributed by atoms with Crippen molar-refractivity contribution >= 4 is 17.9 Å². The average Bonchev–Trinajstić information content (AvgIpc) is 2.31. The molecule has 3 amide bonds. The van der Waals surface area contributed by atoms with Crippen molar-refractivity contribution in [2.45, 2.75) is 50.8 Å². The van der Waals surface area contributed by atoms with Crippen LogP contribution in [-0.4, -0.2) is 47.8 Å². The van der Waals surface area contributed by atoms with Gasteiger partial charge in [0.1, 0.15) is 6.04 Å². The fraction of sp³-hybridized carbons (Fsp3) is 0.750. The molecule has 1 aliphatic carbocycles. The van der Waals surface area contributed by atoms with Gasteiger partial charge in [-0.1, -0.05) is 0 Å². The molecule has 114 valence electrons. The van der Waals surface area contributed by atoms with Crippen molar-refractivity contribution in [2.24, 2.45) is 5.73 Å². The minimum absolute atomic E-state index is 0.00265. The SMILES string of the molecule is CCOC1CC(NC(=O)N[C@@H](CCC(N)=O)C(=O)O)C1. The number of urea groups is 1. The summed E-state index contributed by atoms with van der Waals surface area (Å²) in [5.41, 5.74) is 4.95. The number of aliphatic carboxylic acids is 1. The summed E-state index contributed by atoms with van der Waals surface area (Å²) in [6.45, 7) is 2.54. The lowest BCUT2D eigenvalue weighted by molar-refractivity contribution is -0.139. The fourth-order valence-electron chi connectivity index (χ4n) is 1.98. The minimum Gasteiger partial charge on any atom is -0.480 e. The van der Waals surface area contributed by atoms with Gasteiger partial charge >= 0.3 is 12.0 Å². The summed E-state index contributed by atoms with van der Waals surface area (Å²) in [6, 6.07) is -1.68. The summed E-state index contributed by atoms with van der Waals surface area (Å²) in [7, 11) is 0. The van der Waals surface area contributed by atoms with Crippen molar-refractivity contribution in [2.75, 3.05) is 6.61 Å². The maximum absolute atomic E-state index is 11.6. The van der Waals surface area contributed by atoms with E-state index in [-0.39, 0.29) is 25.0 Å². The molecule has 0 unspecified atom stereocenters. The molecule has 1 atom stereocenters. The maximum Gasteiger partial charge on any atom is 0.326 e. The number of ether oxygens (including phenoxy) is 1. The molecule has 0 bridgehead atoms. The summed E-state index contributed by atoms with van der Waals surface area (Å²) < 4.78 is 5.36. The van der Waals surface area contributed by atoms with Gasteiger partial charge in [0.2, 0.25) is 5.91 Å². The highest BCUT2D eigenvalue weighted by molar-refractivity contribution is 5.83. The Morgan fingerprint density at radius 2 is 2.05 bits per heavy atom. The van der Waals surface area contributed by atoms with Crippen LogP contribution in [0.1, 0.15) is 32.6 Å². The number of rotatable bonds is 8. The van der Waals surface area contributed by atoms with Crippen molar-refractivity contribution in [3.05, 3.63) is 0 Å². The highest BCUT2D eigenvalue weighted by Gasteiger charge is 2.31. The van der Waals surface area contributed by atoms with E-state index in [9.17, 15) is 14.4 Å². The Balaban J connectivity index is 2.28. The van der Waals surface area contributed by atoms with Gasteiger partial charge in [-0.2, -0.15) is 0 Å². The van der Waals surface area contributed by atoms with E-state index in [0.29, 0.717) is 6.61 Å². The van der Waals surface area contributed by atoms with Gasteiger partial charge in [0.15, 0.2) is 0 Å². The zero-order chi connectivity index (χ0) is 15.1. The molecule has 0 aromatic rings. The van der Waals surface area contributed by atoms with Crippen LogP contribution in [0.4, 0.5) is 4.79 Å². The molecule has 1 rings (SSSR count). The van der Waals surface area contributed by atoms with Crippen molar-refractivity contribution in [3.8, 4) is 0 Å². The number of carboxylic acid groups (broad SMARTS) is 1. The molecule has 20 heavy (non-hydrogen) atoms. The lowest BCUT2D eigenvalue weighted by atomic mass is 9.89. The maximum atomic E-state index is 11.6. The van der Waals surface area contributed by atoms with E-state index in [2.05, 4.69) is 10.6 Å². The molecule has 0 spiro atoms. The molecule has 8 heteroatoms. The van der Waals surface area contributed by atoms with Crippen LogP contribution in [0, 0.1) is 0 Å². The van der Waals surface area contributed by atoms with Crippen LogP contribution in [0.5, 0.6) is 0 Å². The van der Waals surface area contributed by atoms with Crippen LogP contribution in [0.2, 0.25) is 0 Å². The average molecular weight is 287 g/mol. The van der Waals surface area contributed by atoms with Crippen LogP contribution in [0.15, 0.2) is 0 Å². The van der Waals surface area contributed by atoms with Crippen LogP contribution in [-0.2, 0) is 14.3 Å². The van der Waals surface area contributed by atoms with Gasteiger partial charge in [0.25, 0.3) is 0 Å². The first-order valence-electron chi connectivity index (χ1n) is 6.62. The minimum atomic E-state index is -1.19. The Labute approximate surface area is 117 Å². The predicted octanol–water partition coefficient (Wildman–Crippen LogP) is -0.428. The van der Waals surface area contributed by atoms with Crippen molar-refractivity contribution in [1.82, 2.24) is 10.6 Å². The number of carboxylic acids is 1. The quantitative estimate of drug-likeness (QED) is 0.481. The molecule has 1 fully saturated rings. The molecule has 0 aliphatic heterocycles. The van der Waals surface area contributed by atoms with Gasteiger partial charge in [-0.3, -0.25) is 4.79 Å². The molecule has 8 nitrogen and oxygen atoms in total. The monoisotopic (exact) mass is 287 g/mol. The second-order valence-corrected chi connectivity index (χ2v) is 4.76. The zero-order valence-electron chi connectivity index (χ0n) is 11.4. The topological polar surface area (TPSA) is 131 Å². The third kappa shape index (κ3) is 5.43. The summed E-state index contributed by atoms with van der Waals surface area (Å²) in [4.78, 5) is 33.2. The van der Waals surface area contributed by atoms with Crippen LogP contribution in [0.25, 0.3) is 0 Å². The number of amides is 3. The number of hydrogen-bond acceptors (Lipinski definition) is 4. The van der Waals surface area contributed by atoms with Gasteiger partial charge in [0.05, 0.1) is 6.10 Å². The molecule has 0 aromatic carbocycles. The Kier molecular flexibility index (Phi) is 6.23. The molecular weight excluding hydrogens is 266 g/mol. The lowest BCUT2D eigenvalue weighted by Gasteiger charge is -2.35. The summed E-state index contributed by atoms with van der Waals surface area (Å²) in [6.07, 6.45) is 1.49. The number of nitrogens with one attached hydrogen (secondary N) is 2. The molecule has 5 N–H and O–H groups in total. The van der Waals surface area contributed by atoms with E-state index in [4.69, 9.17) is 15.6 Å². The fourth-order valence-corrected chi connectivity index (χ4v) is 1.98. The molecule has 0 heterocycles. The van der Waals surface area contributed by atoms with E-state index < -0.39 is 23.9 Å². The van der Waals surface area contributed by atoms with Crippen LogP contribution in [0.3, 0.4) is 0 Å². The first-order chi connectivity index (χ1) is 9.42. The summed E-state index contributed by atoms with van der Waals surface area (Å²) in [5, 5.41) is 13.9. The van der Waals surface area contributed by atoms with Crippen molar-refractivity contribution in [1.29, 1.82) is 0 Å². The van der Waals surface area contributed by atoms with E-state index in [1.54, 1.807) is 0 Å². The van der Waals surface area contributed by atoms with E-state index in [1.165, 1.54) is 0 Å². The number of carbonyl (C=O) groups is 3. The first kappa shape index (κ1) is 16.2. The van der Waals surface area contributed by atoms with E-state index in [1.807, 2.05) is 6.92 Å². The second kappa shape index (κ2) is 7.68. The van der Waals surface area contributed by atoms with Gasteiger partial charge in [0, 0.05) is 19.1 Å². The Bertz CT molecular complexity index is 368. The number of nitrogens with two attached hydrogens (primary N) is 1. The first-order valence-corrected chi connectivity index (χ1v) is 6.62. The Hall–Kier alpha value is -1.83. The standard InChI is InChI=1S/C12H21N3O5/c1-2-20-8-5-7(6-8)14-12(19)15-9(11(17)18)3-4-10(13)16/h7-9H,2-6H2,1H3,(H2,13,16)(H,17,18)(H2,14,15,19)/t7?,8?,9-/m0/s1. The third-order valence-corrected chi connectivity index (χ3v) is 3.12. The van der Waals surface area contributed by atoms with Crippen molar-refractivity contribution in [3.63, 3.8) is 0 Å². The number of hydrogen-bond donors (Lipinski definition) is 4. The van der Waals surface area contributed by atoms with E-state index >= 15 is 0 Å². The predicted molar refractivity (Wildman–Crippen MR) is 70.0 cm³/mol. The van der Waals surface area contributed by atoms with Crippen LogP contribution >= 0.6 is 0 Å².